The molecule has 0 saturated heterocycles. The molecule has 3 aromatic carbocycles. The van der Waals surface area contributed by atoms with Crippen molar-refractivity contribution in [2.75, 3.05) is 6.61 Å². The van der Waals surface area contributed by atoms with Gasteiger partial charge < -0.3 is 9.84 Å². The summed E-state index contributed by atoms with van der Waals surface area (Å²) in [5, 5.41) is 13.4. The number of ether oxygens (including phenoxy) is 1. The maximum Gasteiger partial charge on any atom is 0.439 e. The van der Waals surface area contributed by atoms with Crippen LogP contribution in [0.4, 0.5) is 0 Å². The first-order chi connectivity index (χ1) is 20.7. The van der Waals surface area contributed by atoms with E-state index < -0.39 is 11.4 Å². The number of nitrogens with one attached hydrogen (secondary N) is 1. The topological polar surface area (TPSA) is 123 Å². The summed E-state index contributed by atoms with van der Waals surface area (Å²) in [6, 6.07) is 23.0. The van der Waals surface area contributed by atoms with Crippen molar-refractivity contribution in [3.05, 3.63) is 111 Å². The number of aliphatic hydroxyl groups excluding tert-OH is 1. The molecule has 0 fully saturated rings. The monoisotopic (exact) mass is 619 g/mol. The molecule has 0 aliphatic rings. The standard InChI is InChI=1S/C34H36N4O5.K/c1-5-9-29-35-28(6-2)30(24-16-18-25(19-17-24)42-34(3,4)21-39)32(40)38(29)20-22-12-14-23(15-13-22)26-10-7-8-11-27(26)31-36-33(41)43-37-31;/h7-8,10-19,39H,5-6,9,20-21H2,1-4H3,(H,36,37,41);. The van der Waals surface area contributed by atoms with Gasteiger partial charge in [-0.3, -0.25) is 18.9 Å². The van der Waals surface area contributed by atoms with Crippen LogP contribution in [0.1, 0.15) is 51.2 Å². The molecule has 0 aliphatic carbocycles. The predicted molar refractivity (Wildman–Crippen MR) is 172 cm³/mol. The van der Waals surface area contributed by atoms with E-state index in [0.29, 0.717) is 36.5 Å². The first-order valence-electron chi connectivity index (χ1n) is 14.5. The molecule has 2 heterocycles. The van der Waals surface area contributed by atoms with Crippen LogP contribution in [0, 0.1) is 0 Å². The summed E-state index contributed by atoms with van der Waals surface area (Å²) in [4.78, 5) is 33.2. The normalized spacial score (nSPS) is 11.3. The molecule has 5 rings (SSSR count). The molecule has 0 amide bonds. The van der Waals surface area contributed by atoms with E-state index in [-0.39, 0.29) is 63.6 Å². The van der Waals surface area contributed by atoms with Crippen molar-refractivity contribution < 1.29 is 14.4 Å². The van der Waals surface area contributed by atoms with Crippen molar-refractivity contribution in [1.29, 1.82) is 0 Å². The molecule has 9 nitrogen and oxygen atoms in total. The second-order valence-corrected chi connectivity index (χ2v) is 11.1. The van der Waals surface area contributed by atoms with Crippen LogP contribution in [0.5, 0.6) is 5.75 Å². The summed E-state index contributed by atoms with van der Waals surface area (Å²) in [6.07, 6.45) is 2.18. The molecule has 0 spiro atoms. The number of hydrogen-bond acceptors (Lipinski definition) is 7. The van der Waals surface area contributed by atoms with Gasteiger partial charge in [-0.25, -0.2) is 9.78 Å². The summed E-state index contributed by atoms with van der Waals surface area (Å²) in [5.41, 5.74) is 4.89. The minimum absolute atomic E-state index is 0. The van der Waals surface area contributed by atoms with Gasteiger partial charge >= 0.3 is 5.76 Å². The second-order valence-electron chi connectivity index (χ2n) is 11.1. The van der Waals surface area contributed by atoms with Crippen molar-refractivity contribution in [2.24, 2.45) is 0 Å². The largest absolute Gasteiger partial charge is 0.485 e. The van der Waals surface area contributed by atoms with E-state index in [1.807, 2.05) is 93.6 Å². The number of hydrogen-bond donors (Lipinski definition) is 2. The molecular formula is C34H36KN4O5. The Bertz CT molecular complexity index is 1820. The maximum absolute atomic E-state index is 14.1. The molecule has 44 heavy (non-hydrogen) atoms. The van der Waals surface area contributed by atoms with Crippen LogP contribution in [-0.4, -0.2) is 88.4 Å². The Morgan fingerprint density at radius 3 is 2.18 bits per heavy atom. The van der Waals surface area contributed by atoms with Crippen LogP contribution in [0.25, 0.3) is 33.6 Å². The van der Waals surface area contributed by atoms with E-state index in [1.165, 1.54) is 0 Å². The molecule has 10 heteroatoms. The number of benzene rings is 3. The van der Waals surface area contributed by atoms with E-state index in [1.54, 1.807) is 4.57 Å². The van der Waals surface area contributed by atoms with Crippen molar-refractivity contribution in [1.82, 2.24) is 19.7 Å². The van der Waals surface area contributed by atoms with E-state index in [4.69, 9.17) is 14.2 Å². The van der Waals surface area contributed by atoms with Gasteiger partial charge in [0.15, 0.2) is 5.82 Å². The van der Waals surface area contributed by atoms with Gasteiger partial charge in [-0.05, 0) is 61.1 Å². The van der Waals surface area contributed by atoms with Gasteiger partial charge in [0.25, 0.3) is 5.56 Å². The van der Waals surface area contributed by atoms with E-state index in [2.05, 4.69) is 17.1 Å². The zero-order chi connectivity index (χ0) is 30.6. The number of rotatable bonds is 11. The summed E-state index contributed by atoms with van der Waals surface area (Å²) in [7, 11) is 0. The minimum Gasteiger partial charge on any atom is -0.485 e. The van der Waals surface area contributed by atoms with Gasteiger partial charge in [0.1, 0.15) is 17.2 Å². The SMILES string of the molecule is CCCc1nc(CC)c(-c2ccc(OC(C)(C)CO)cc2)c(=O)n1Cc1ccc(-c2ccccc2-c2noc(=O)[nH]2)cc1.[K]. The molecule has 0 atom stereocenters. The number of aryl methyl sites for hydroxylation is 2. The Morgan fingerprint density at radius 2 is 1.59 bits per heavy atom. The molecule has 2 N–H and O–H groups in total. The fraction of sp³-hybridized carbons (Fsp3) is 0.294. The summed E-state index contributed by atoms with van der Waals surface area (Å²) < 4.78 is 12.4. The van der Waals surface area contributed by atoms with Gasteiger partial charge in [0.05, 0.1) is 24.4 Å². The third-order valence-corrected chi connectivity index (χ3v) is 7.28. The maximum atomic E-state index is 14.1. The average molecular weight is 620 g/mol. The van der Waals surface area contributed by atoms with Crippen LogP contribution in [-0.2, 0) is 19.4 Å². The van der Waals surface area contributed by atoms with Crippen LogP contribution in [0.2, 0.25) is 0 Å². The summed E-state index contributed by atoms with van der Waals surface area (Å²) in [6.45, 7) is 7.99. The van der Waals surface area contributed by atoms with Gasteiger partial charge in [0.2, 0.25) is 0 Å². The number of nitrogens with zero attached hydrogens (tertiary/aromatic N) is 3. The van der Waals surface area contributed by atoms with Crippen molar-refractivity contribution >= 4 is 51.4 Å². The number of aliphatic hydroxyl groups is 1. The molecule has 0 bridgehead atoms. The second kappa shape index (κ2) is 14.8. The van der Waals surface area contributed by atoms with Crippen molar-refractivity contribution in [3.63, 3.8) is 0 Å². The Morgan fingerprint density at radius 1 is 0.932 bits per heavy atom. The number of aromatic amines is 1. The molecule has 223 valence electrons. The molecule has 0 aliphatic heterocycles. The molecule has 0 saturated carbocycles. The smallest absolute Gasteiger partial charge is 0.439 e. The minimum atomic E-state index is -0.710. The first-order valence-corrected chi connectivity index (χ1v) is 14.5. The molecule has 2 aromatic heterocycles. The van der Waals surface area contributed by atoms with Crippen LogP contribution in [0.15, 0.2) is 86.9 Å². The zero-order valence-corrected chi connectivity index (χ0v) is 29.0. The van der Waals surface area contributed by atoms with E-state index in [9.17, 15) is 14.7 Å². The summed E-state index contributed by atoms with van der Waals surface area (Å²) in [5.74, 6) is 1.15. The number of aromatic nitrogens is 4. The third kappa shape index (κ3) is 7.56. The molecule has 0 unspecified atom stereocenters. The third-order valence-electron chi connectivity index (χ3n) is 7.28. The molecule has 1 radical (unpaired) electrons. The van der Waals surface area contributed by atoms with Gasteiger partial charge in [-0.15, -0.1) is 0 Å². The fourth-order valence-corrected chi connectivity index (χ4v) is 5.07. The van der Waals surface area contributed by atoms with Crippen molar-refractivity contribution in [3.8, 4) is 39.4 Å². The first kappa shape index (κ1) is 33.8. The van der Waals surface area contributed by atoms with Crippen LogP contribution >= 0.6 is 0 Å². The number of H-pyrrole nitrogens is 1. The molecule has 5 aromatic rings. The Labute approximate surface area is 298 Å². The quantitative estimate of drug-likeness (QED) is 0.194. The van der Waals surface area contributed by atoms with Crippen LogP contribution < -0.4 is 16.1 Å². The van der Waals surface area contributed by atoms with Gasteiger partial charge in [0, 0.05) is 63.4 Å². The van der Waals surface area contributed by atoms with Crippen LogP contribution in [0.3, 0.4) is 0 Å². The Kier molecular flexibility index (Phi) is 11.3. The van der Waals surface area contributed by atoms with E-state index in [0.717, 1.165) is 45.8 Å². The van der Waals surface area contributed by atoms with Gasteiger partial charge in [-0.1, -0.05) is 79.7 Å². The Balaban J connectivity index is 0.00000442. The van der Waals surface area contributed by atoms with E-state index >= 15 is 0 Å². The zero-order valence-electron chi connectivity index (χ0n) is 25.9. The molecular weight excluding hydrogens is 583 g/mol. The predicted octanol–water partition coefficient (Wildman–Crippen LogP) is 5.25. The average Bonchev–Trinajstić information content (AvgIpc) is 3.45. The summed E-state index contributed by atoms with van der Waals surface area (Å²) >= 11 is 0. The van der Waals surface area contributed by atoms with Gasteiger partial charge in [-0.2, -0.15) is 0 Å². The fourth-order valence-electron chi connectivity index (χ4n) is 5.07. The van der Waals surface area contributed by atoms with Crippen molar-refractivity contribution in [2.45, 2.75) is 59.1 Å². The Hall–Kier alpha value is -3.12.